The van der Waals surface area contributed by atoms with Gasteiger partial charge >= 0.3 is 5.97 Å². The van der Waals surface area contributed by atoms with Crippen molar-refractivity contribution >= 4 is 25.6 Å². The molecule has 0 atom stereocenters. The molecule has 1 rings (SSSR count). The summed E-state index contributed by atoms with van der Waals surface area (Å²) in [6, 6.07) is 1.09. The minimum atomic E-state index is -1.08. The maximum Gasteiger partial charge on any atom is 0.360 e. The summed E-state index contributed by atoms with van der Waals surface area (Å²) in [6.45, 7) is 7.85. The minimum absolute atomic E-state index is 0.118. The van der Waals surface area contributed by atoms with Gasteiger partial charge in [0.15, 0.2) is 5.69 Å². The number of carbonyl (C=O) groups is 1. The molecule has 0 amide bonds. The zero-order valence-corrected chi connectivity index (χ0v) is 13.0. The number of rotatable bonds is 6. The summed E-state index contributed by atoms with van der Waals surface area (Å²) in [5.74, 6) is -0.541. The molecule has 1 aromatic rings. The summed E-state index contributed by atoms with van der Waals surface area (Å²) in [7, 11) is 0.214. The van der Waals surface area contributed by atoms with E-state index >= 15 is 0 Å². The normalized spacial score (nSPS) is 11.6. The van der Waals surface area contributed by atoms with E-state index in [1.54, 1.807) is 6.20 Å². The Morgan fingerprint density at radius 1 is 1.50 bits per heavy atom. The average molecular weight is 291 g/mol. The van der Waals surface area contributed by atoms with E-state index in [9.17, 15) is 4.79 Å². The molecule has 18 heavy (non-hydrogen) atoms. The van der Waals surface area contributed by atoms with E-state index in [2.05, 4.69) is 29.5 Å². The van der Waals surface area contributed by atoms with Crippen LogP contribution in [0.2, 0.25) is 30.7 Å². The molecule has 0 N–H and O–H groups in total. The molecule has 7 heteroatoms. The Labute approximate surface area is 113 Å². The van der Waals surface area contributed by atoms with E-state index in [0.717, 1.165) is 6.04 Å². The molecule has 5 nitrogen and oxygen atoms in total. The van der Waals surface area contributed by atoms with Crippen molar-refractivity contribution in [3.05, 3.63) is 16.9 Å². The smallest absolute Gasteiger partial charge is 0.360 e. The van der Waals surface area contributed by atoms with Gasteiger partial charge in [0, 0.05) is 20.9 Å². The molecule has 0 saturated heterocycles. The van der Waals surface area contributed by atoms with Gasteiger partial charge in [0.2, 0.25) is 0 Å². The lowest BCUT2D eigenvalue weighted by Crippen LogP contribution is -2.22. The van der Waals surface area contributed by atoms with E-state index in [1.165, 1.54) is 11.8 Å². The highest BCUT2D eigenvalue weighted by atomic mass is 35.5. The molecule has 0 spiro atoms. The van der Waals surface area contributed by atoms with Crippen LogP contribution in [-0.4, -0.2) is 37.5 Å². The summed E-state index contributed by atoms with van der Waals surface area (Å²) >= 11 is 5.87. The average Bonchev–Trinajstić information content (AvgIpc) is 2.64. The lowest BCUT2D eigenvalue weighted by molar-refractivity contribution is 0.0582. The first-order chi connectivity index (χ1) is 8.33. The fourth-order valence-corrected chi connectivity index (χ4v) is 2.22. The maximum absolute atomic E-state index is 11.3. The Kier molecular flexibility index (Phi) is 5.37. The van der Waals surface area contributed by atoms with Crippen LogP contribution < -0.4 is 0 Å². The topological polar surface area (TPSA) is 53.3 Å². The van der Waals surface area contributed by atoms with Crippen molar-refractivity contribution < 1.29 is 14.3 Å². The first-order valence-electron chi connectivity index (χ1n) is 5.72. The highest BCUT2D eigenvalue weighted by Crippen LogP contribution is 2.15. The lowest BCUT2D eigenvalue weighted by Gasteiger charge is -2.15. The summed E-state index contributed by atoms with van der Waals surface area (Å²) in [5, 5.41) is 4.28. The first-order valence-corrected chi connectivity index (χ1v) is 9.81. The number of hydrogen-bond acceptors (Lipinski definition) is 4. The van der Waals surface area contributed by atoms with Gasteiger partial charge < -0.3 is 9.47 Å². The quantitative estimate of drug-likeness (QED) is 0.459. The first kappa shape index (κ1) is 15.2. The Morgan fingerprint density at radius 2 is 2.17 bits per heavy atom. The van der Waals surface area contributed by atoms with Gasteiger partial charge in [0.1, 0.15) is 6.73 Å². The van der Waals surface area contributed by atoms with Gasteiger partial charge in [-0.2, -0.15) is 5.10 Å². The fraction of sp³-hybridized carbons (Fsp3) is 0.636. The molecule has 1 heterocycles. The van der Waals surface area contributed by atoms with Gasteiger partial charge in [-0.15, -0.1) is 0 Å². The molecule has 0 saturated carbocycles. The highest BCUT2D eigenvalue weighted by Gasteiger charge is 2.16. The number of nitrogens with zero attached hydrogens (tertiary/aromatic N) is 2. The molecule has 102 valence electrons. The third-order valence-corrected chi connectivity index (χ3v) is 4.30. The third-order valence-electron chi connectivity index (χ3n) is 2.32. The van der Waals surface area contributed by atoms with Crippen molar-refractivity contribution in [1.82, 2.24) is 9.78 Å². The molecule has 1 aromatic heterocycles. The molecular weight excluding hydrogens is 272 g/mol. The molecule has 0 bridgehead atoms. The predicted molar refractivity (Wildman–Crippen MR) is 72.7 cm³/mol. The summed E-state index contributed by atoms with van der Waals surface area (Å²) < 4.78 is 11.6. The predicted octanol–water partition coefficient (Wildman–Crippen LogP) is 2.64. The van der Waals surface area contributed by atoms with Crippen molar-refractivity contribution in [1.29, 1.82) is 0 Å². The van der Waals surface area contributed by atoms with Gasteiger partial charge in [-0.05, 0) is 6.04 Å². The number of carbonyl (C=O) groups excluding carboxylic acids is 1. The van der Waals surface area contributed by atoms with E-state index in [1.807, 2.05) is 0 Å². The lowest BCUT2D eigenvalue weighted by atomic mass is 10.4. The second-order valence-corrected chi connectivity index (χ2v) is 11.2. The SMILES string of the molecule is COC(=O)c1nn(COCC[Si](C)(C)C)cc1Cl. The number of methoxy groups -OCH3 is 1. The molecule has 0 aliphatic heterocycles. The standard InChI is InChI=1S/C11H19ClN2O3Si/c1-16-11(15)10-9(12)7-14(13-10)8-17-5-6-18(2,3)4/h7H,5-6,8H2,1-4H3. The van der Waals surface area contributed by atoms with Crippen LogP contribution in [0.5, 0.6) is 0 Å². The second-order valence-electron chi connectivity index (χ2n) is 5.20. The zero-order chi connectivity index (χ0) is 13.8. The largest absolute Gasteiger partial charge is 0.464 e. The van der Waals surface area contributed by atoms with Gasteiger partial charge in [-0.3, -0.25) is 0 Å². The third kappa shape index (κ3) is 4.79. The van der Waals surface area contributed by atoms with Crippen molar-refractivity contribution in [3.8, 4) is 0 Å². The minimum Gasteiger partial charge on any atom is -0.464 e. The van der Waals surface area contributed by atoms with Crippen molar-refractivity contribution in [2.24, 2.45) is 0 Å². The monoisotopic (exact) mass is 290 g/mol. The van der Waals surface area contributed by atoms with Crippen LogP contribution in [0.3, 0.4) is 0 Å². The number of aromatic nitrogens is 2. The molecule has 0 unspecified atom stereocenters. The Morgan fingerprint density at radius 3 is 2.72 bits per heavy atom. The summed E-state index contributed by atoms with van der Waals surface area (Å²) in [4.78, 5) is 11.3. The summed E-state index contributed by atoms with van der Waals surface area (Å²) in [5.41, 5.74) is 0.118. The van der Waals surface area contributed by atoms with E-state index in [4.69, 9.17) is 16.3 Å². The van der Waals surface area contributed by atoms with Crippen molar-refractivity contribution in [2.45, 2.75) is 32.4 Å². The molecule has 0 aliphatic rings. The molecule has 0 aliphatic carbocycles. The van der Waals surface area contributed by atoms with Crippen LogP contribution in [0.1, 0.15) is 10.5 Å². The molecule has 0 aromatic carbocycles. The van der Waals surface area contributed by atoms with Crippen molar-refractivity contribution in [2.75, 3.05) is 13.7 Å². The fourth-order valence-electron chi connectivity index (χ4n) is 1.23. The molecule has 0 fully saturated rings. The number of hydrogen-bond donors (Lipinski definition) is 0. The Hall–Kier alpha value is -0.853. The van der Waals surface area contributed by atoms with Crippen LogP contribution in [0.4, 0.5) is 0 Å². The molecular formula is C11H19ClN2O3Si. The van der Waals surface area contributed by atoms with Gasteiger partial charge in [-0.25, -0.2) is 9.48 Å². The Balaban J connectivity index is 2.47. The van der Waals surface area contributed by atoms with Gasteiger partial charge in [0.25, 0.3) is 0 Å². The maximum atomic E-state index is 11.3. The Bertz CT molecular complexity index is 415. The van der Waals surface area contributed by atoms with Crippen LogP contribution in [0.25, 0.3) is 0 Å². The highest BCUT2D eigenvalue weighted by molar-refractivity contribution is 6.76. The van der Waals surface area contributed by atoms with Gasteiger partial charge in [0.05, 0.1) is 12.1 Å². The number of ether oxygens (including phenoxy) is 2. The van der Waals surface area contributed by atoms with Crippen LogP contribution in [0.15, 0.2) is 6.20 Å². The number of esters is 1. The van der Waals surface area contributed by atoms with Crippen molar-refractivity contribution in [3.63, 3.8) is 0 Å². The van der Waals surface area contributed by atoms with E-state index < -0.39 is 14.0 Å². The molecule has 0 radical (unpaired) electrons. The van der Waals surface area contributed by atoms with E-state index in [-0.39, 0.29) is 10.7 Å². The second kappa shape index (κ2) is 6.35. The number of halogens is 1. The van der Waals surface area contributed by atoms with Crippen LogP contribution in [-0.2, 0) is 16.2 Å². The van der Waals surface area contributed by atoms with Gasteiger partial charge in [-0.1, -0.05) is 31.2 Å². The summed E-state index contributed by atoms with van der Waals surface area (Å²) in [6.07, 6.45) is 1.56. The zero-order valence-electron chi connectivity index (χ0n) is 11.2. The van der Waals surface area contributed by atoms with Crippen LogP contribution in [0, 0.1) is 0 Å². The van der Waals surface area contributed by atoms with E-state index in [0.29, 0.717) is 13.3 Å². The van der Waals surface area contributed by atoms with Crippen LogP contribution >= 0.6 is 11.6 Å².